The molecule has 2 N–H and O–H groups in total. The van der Waals surface area contributed by atoms with Crippen LogP contribution in [-0.2, 0) is 0 Å². The molecule has 102 valence electrons. The highest BCUT2D eigenvalue weighted by atomic mass is 15.2. The first kappa shape index (κ1) is 15.0. The molecule has 0 heterocycles. The maximum atomic E-state index is 6.14. The molecule has 17 heavy (non-hydrogen) atoms. The maximum absolute atomic E-state index is 6.14. The minimum absolute atomic E-state index is 0.255. The van der Waals surface area contributed by atoms with Gasteiger partial charge in [0.05, 0.1) is 0 Å². The maximum Gasteiger partial charge on any atom is 0.0334 e. The lowest BCUT2D eigenvalue weighted by molar-refractivity contribution is -0.0107. The largest absolute Gasteiger partial charge is 0.329 e. The van der Waals surface area contributed by atoms with E-state index < -0.39 is 0 Å². The van der Waals surface area contributed by atoms with Gasteiger partial charge in [-0.25, -0.2) is 0 Å². The van der Waals surface area contributed by atoms with Crippen molar-refractivity contribution in [2.45, 2.75) is 77.3 Å². The highest BCUT2D eigenvalue weighted by Crippen LogP contribution is 2.40. The molecule has 0 bridgehead atoms. The van der Waals surface area contributed by atoms with Crippen LogP contribution in [0.1, 0.15) is 66.2 Å². The summed E-state index contributed by atoms with van der Waals surface area (Å²) >= 11 is 0. The third-order valence-electron chi connectivity index (χ3n) is 5.48. The molecule has 1 fully saturated rings. The molecule has 0 spiro atoms. The Labute approximate surface area is 108 Å². The van der Waals surface area contributed by atoms with E-state index in [1.165, 1.54) is 38.5 Å². The molecule has 1 aliphatic rings. The van der Waals surface area contributed by atoms with E-state index >= 15 is 0 Å². The zero-order valence-electron chi connectivity index (χ0n) is 12.6. The number of likely N-dealkylation sites (N-methyl/N-ethyl adjacent to an activating group) is 1. The van der Waals surface area contributed by atoms with E-state index in [1.54, 1.807) is 0 Å². The predicted molar refractivity (Wildman–Crippen MR) is 76.2 cm³/mol. The van der Waals surface area contributed by atoms with Crippen molar-refractivity contribution in [2.24, 2.45) is 11.7 Å². The first-order chi connectivity index (χ1) is 7.91. The van der Waals surface area contributed by atoms with Crippen molar-refractivity contribution in [1.82, 2.24) is 4.90 Å². The van der Waals surface area contributed by atoms with Crippen LogP contribution in [0.2, 0.25) is 0 Å². The van der Waals surface area contributed by atoms with Gasteiger partial charge in [0.1, 0.15) is 0 Å². The van der Waals surface area contributed by atoms with E-state index in [2.05, 4.69) is 39.6 Å². The molecule has 0 unspecified atom stereocenters. The average Bonchev–Trinajstić information content (AvgIpc) is 2.38. The van der Waals surface area contributed by atoms with Gasteiger partial charge in [-0.3, -0.25) is 4.90 Å². The van der Waals surface area contributed by atoms with Crippen molar-refractivity contribution in [3.8, 4) is 0 Å². The summed E-state index contributed by atoms with van der Waals surface area (Å²) in [4.78, 5) is 2.58. The normalized spacial score (nSPS) is 30.9. The number of nitrogens with zero attached hydrogens (tertiary/aromatic N) is 1. The van der Waals surface area contributed by atoms with Crippen LogP contribution in [-0.4, -0.2) is 29.6 Å². The van der Waals surface area contributed by atoms with Crippen LogP contribution in [0.5, 0.6) is 0 Å². The van der Waals surface area contributed by atoms with Crippen LogP contribution in [0, 0.1) is 5.92 Å². The number of hydrogen-bond acceptors (Lipinski definition) is 2. The summed E-state index contributed by atoms with van der Waals surface area (Å²) in [5.41, 5.74) is 6.65. The predicted octanol–water partition coefficient (Wildman–Crippen LogP) is 3.40. The molecule has 2 nitrogen and oxygen atoms in total. The molecule has 0 aromatic carbocycles. The van der Waals surface area contributed by atoms with E-state index in [1.807, 2.05) is 0 Å². The van der Waals surface area contributed by atoms with Crippen LogP contribution < -0.4 is 5.73 Å². The highest BCUT2D eigenvalue weighted by Gasteiger charge is 2.42. The molecule has 1 rings (SSSR count). The molecule has 0 aliphatic heterocycles. The lowest BCUT2D eigenvalue weighted by Crippen LogP contribution is -2.60. The van der Waals surface area contributed by atoms with E-state index in [9.17, 15) is 0 Å². The summed E-state index contributed by atoms with van der Waals surface area (Å²) in [6.45, 7) is 10.1. The Bertz CT molecular complexity index is 227. The molecule has 0 atom stereocenters. The Morgan fingerprint density at radius 2 is 1.76 bits per heavy atom. The molecule has 1 saturated carbocycles. The summed E-state index contributed by atoms with van der Waals surface area (Å²) in [5, 5.41) is 0. The Balaban J connectivity index is 2.77. The van der Waals surface area contributed by atoms with Gasteiger partial charge in [0, 0.05) is 17.6 Å². The molecular weight excluding hydrogens is 208 g/mol. The van der Waals surface area contributed by atoms with Gasteiger partial charge in [-0.2, -0.15) is 0 Å². The molecule has 1 aliphatic carbocycles. The fourth-order valence-corrected chi connectivity index (χ4v) is 3.18. The van der Waals surface area contributed by atoms with Gasteiger partial charge >= 0.3 is 0 Å². The molecule has 0 radical (unpaired) electrons. The van der Waals surface area contributed by atoms with Gasteiger partial charge < -0.3 is 5.73 Å². The van der Waals surface area contributed by atoms with E-state index in [0.29, 0.717) is 0 Å². The van der Waals surface area contributed by atoms with Crippen molar-refractivity contribution in [1.29, 1.82) is 0 Å². The third kappa shape index (κ3) is 3.03. The van der Waals surface area contributed by atoms with Crippen LogP contribution in [0.4, 0.5) is 0 Å². The van der Waals surface area contributed by atoms with Crippen molar-refractivity contribution in [3.63, 3.8) is 0 Å². The van der Waals surface area contributed by atoms with Crippen LogP contribution in [0.25, 0.3) is 0 Å². The first-order valence-corrected chi connectivity index (χ1v) is 7.36. The van der Waals surface area contributed by atoms with Gasteiger partial charge in [0.2, 0.25) is 0 Å². The minimum atomic E-state index is 0.255. The summed E-state index contributed by atoms with van der Waals surface area (Å²) < 4.78 is 0. The van der Waals surface area contributed by atoms with E-state index in [0.717, 1.165) is 12.5 Å². The Morgan fingerprint density at radius 1 is 1.24 bits per heavy atom. The molecule has 0 aromatic rings. The van der Waals surface area contributed by atoms with Crippen LogP contribution in [0.3, 0.4) is 0 Å². The summed E-state index contributed by atoms with van der Waals surface area (Å²) in [6.07, 6.45) is 7.80. The van der Waals surface area contributed by atoms with Gasteiger partial charge in [0.15, 0.2) is 0 Å². The zero-order valence-corrected chi connectivity index (χ0v) is 12.6. The van der Waals surface area contributed by atoms with Gasteiger partial charge in [0.25, 0.3) is 0 Å². The monoisotopic (exact) mass is 240 g/mol. The van der Waals surface area contributed by atoms with Crippen molar-refractivity contribution < 1.29 is 0 Å². The number of nitrogens with two attached hydrogens (primary N) is 1. The fourth-order valence-electron chi connectivity index (χ4n) is 3.18. The van der Waals surface area contributed by atoms with Gasteiger partial charge in [-0.05, 0) is 58.9 Å². The summed E-state index contributed by atoms with van der Waals surface area (Å²) in [5.74, 6) is 0.938. The minimum Gasteiger partial charge on any atom is -0.329 e. The Morgan fingerprint density at radius 3 is 2.12 bits per heavy atom. The molecule has 2 heteroatoms. The summed E-state index contributed by atoms with van der Waals surface area (Å²) in [7, 11) is 2.28. The molecular formula is C15H32N2. The van der Waals surface area contributed by atoms with E-state index in [-0.39, 0.29) is 11.1 Å². The Hall–Kier alpha value is -0.0800. The van der Waals surface area contributed by atoms with Crippen LogP contribution >= 0.6 is 0 Å². The lowest BCUT2D eigenvalue weighted by atomic mass is 9.73. The zero-order chi connectivity index (χ0) is 13.1. The standard InChI is InChI=1S/C15H32N2/c1-6-13-8-10-15(12-16,11-9-13)17(5)14(3,4)7-2/h13H,6-12,16H2,1-5H3. The molecule has 0 aromatic heterocycles. The van der Waals surface area contributed by atoms with E-state index in [4.69, 9.17) is 5.73 Å². The average molecular weight is 240 g/mol. The molecule has 0 saturated heterocycles. The third-order valence-corrected chi connectivity index (χ3v) is 5.48. The smallest absolute Gasteiger partial charge is 0.0334 e. The van der Waals surface area contributed by atoms with Gasteiger partial charge in [-0.15, -0.1) is 0 Å². The van der Waals surface area contributed by atoms with Gasteiger partial charge in [-0.1, -0.05) is 20.3 Å². The first-order valence-electron chi connectivity index (χ1n) is 7.36. The second kappa shape index (κ2) is 5.71. The van der Waals surface area contributed by atoms with Crippen molar-refractivity contribution in [3.05, 3.63) is 0 Å². The lowest BCUT2D eigenvalue weighted by Gasteiger charge is -2.52. The number of hydrogen-bond donors (Lipinski definition) is 1. The van der Waals surface area contributed by atoms with Crippen molar-refractivity contribution in [2.75, 3.05) is 13.6 Å². The Kier molecular flexibility index (Phi) is 5.03. The second-order valence-corrected chi connectivity index (χ2v) is 6.51. The SMILES string of the molecule is CCC1CCC(CN)(N(C)C(C)(C)CC)CC1. The van der Waals surface area contributed by atoms with Crippen molar-refractivity contribution >= 4 is 0 Å². The quantitative estimate of drug-likeness (QED) is 0.798. The summed E-state index contributed by atoms with van der Waals surface area (Å²) in [6, 6.07) is 0. The topological polar surface area (TPSA) is 29.3 Å². The van der Waals surface area contributed by atoms with Crippen LogP contribution in [0.15, 0.2) is 0 Å². The second-order valence-electron chi connectivity index (χ2n) is 6.51. The number of rotatable bonds is 5. The molecule has 0 amide bonds. The highest BCUT2D eigenvalue weighted by molar-refractivity contribution is 4.99. The fraction of sp³-hybridized carbons (Fsp3) is 1.00.